The van der Waals surface area contributed by atoms with Gasteiger partial charge in [-0.05, 0) is 36.3 Å². The first-order valence-corrected chi connectivity index (χ1v) is 10.3. The van der Waals surface area contributed by atoms with Gasteiger partial charge in [0, 0.05) is 28.9 Å². The highest BCUT2D eigenvalue weighted by Crippen LogP contribution is 2.34. The predicted molar refractivity (Wildman–Crippen MR) is 118 cm³/mol. The van der Waals surface area contributed by atoms with Gasteiger partial charge in [0.25, 0.3) is 0 Å². The Hall–Kier alpha value is -2.63. The van der Waals surface area contributed by atoms with E-state index in [4.69, 9.17) is 16.6 Å². The molecule has 1 aliphatic heterocycles. The lowest BCUT2D eigenvalue weighted by atomic mass is 10.1. The maximum absolute atomic E-state index is 10.9. The lowest BCUT2D eigenvalue weighted by Gasteiger charge is -2.08. The van der Waals surface area contributed by atoms with Gasteiger partial charge in [0.15, 0.2) is 4.80 Å². The summed E-state index contributed by atoms with van der Waals surface area (Å²) < 4.78 is 1.86. The van der Waals surface area contributed by atoms with Crippen molar-refractivity contribution in [3.8, 4) is 5.88 Å². The van der Waals surface area contributed by atoms with Crippen molar-refractivity contribution in [3.63, 3.8) is 0 Å². The predicted octanol–water partition coefficient (Wildman–Crippen LogP) is 6.05. The van der Waals surface area contributed by atoms with Crippen molar-refractivity contribution in [2.45, 2.75) is 20.4 Å². The van der Waals surface area contributed by atoms with Crippen LogP contribution in [-0.4, -0.2) is 15.9 Å². The number of hydrogen-bond acceptors (Lipinski definition) is 4. The normalized spacial score (nSPS) is 15.0. The molecule has 0 spiro atoms. The highest BCUT2D eigenvalue weighted by atomic mass is 35.5. The molecule has 28 heavy (non-hydrogen) atoms. The molecule has 142 valence electrons. The van der Waals surface area contributed by atoms with Crippen LogP contribution in [0.2, 0.25) is 5.02 Å². The molecule has 0 amide bonds. The van der Waals surface area contributed by atoms with E-state index in [1.54, 1.807) is 0 Å². The van der Waals surface area contributed by atoms with Crippen molar-refractivity contribution < 1.29 is 5.11 Å². The average molecular weight is 410 g/mol. The molecule has 0 aliphatic carbocycles. The second kappa shape index (κ2) is 7.78. The van der Waals surface area contributed by atoms with Gasteiger partial charge in [-0.15, -0.1) is 0 Å². The lowest BCUT2D eigenvalue weighted by molar-refractivity contribution is 0.387. The summed E-state index contributed by atoms with van der Waals surface area (Å²) in [5.41, 5.74) is 3.76. The molecule has 0 saturated carbocycles. The van der Waals surface area contributed by atoms with E-state index < -0.39 is 0 Å². The lowest BCUT2D eigenvalue weighted by Crippen LogP contribution is -2.17. The molecule has 0 radical (unpaired) electrons. The van der Waals surface area contributed by atoms with Gasteiger partial charge in [-0.1, -0.05) is 61.1 Å². The summed E-state index contributed by atoms with van der Waals surface area (Å²) in [6.45, 7) is 4.91. The van der Waals surface area contributed by atoms with Crippen LogP contribution < -0.4 is 4.80 Å². The molecular formula is C22H20ClN3OS. The quantitative estimate of drug-likeness (QED) is 0.559. The number of aromatic hydroxyl groups is 1. The van der Waals surface area contributed by atoms with E-state index in [9.17, 15) is 5.11 Å². The van der Waals surface area contributed by atoms with E-state index in [0.29, 0.717) is 17.5 Å². The second-order valence-corrected chi connectivity index (χ2v) is 8.49. The van der Waals surface area contributed by atoms with Crippen LogP contribution in [0.25, 0.3) is 11.6 Å². The Bertz CT molecular complexity index is 1150. The van der Waals surface area contributed by atoms with Gasteiger partial charge >= 0.3 is 0 Å². The fraction of sp³-hybridized carbons (Fsp3) is 0.182. The number of halogens is 1. The standard InChI is InChI=1S/C22H20ClN3OS/c1-14(2)13-26-21(27)20(10-15-12-24-19-9-4-3-8-18(15)19)28-22(26)25-17-7-5-6-16(23)11-17/h3-12,14,27H,13H2,1-2H3/b15-10+,25-22?. The summed E-state index contributed by atoms with van der Waals surface area (Å²) in [4.78, 5) is 10.7. The minimum absolute atomic E-state index is 0.227. The zero-order valence-electron chi connectivity index (χ0n) is 15.6. The summed E-state index contributed by atoms with van der Waals surface area (Å²) in [6, 6.07) is 15.4. The number of nitrogens with zero attached hydrogens (tertiary/aromatic N) is 3. The Morgan fingerprint density at radius 1 is 1.21 bits per heavy atom. The first kappa shape index (κ1) is 18.7. The van der Waals surface area contributed by atoms with Crippen LogP contribution in [0.3, 0.4) is 0 Å². The summed E-state index contributed by atoms with van der Waals surface area (Å²) in [5.74, 6) is 0.595. The largest absolute Gasteiger partial charge is 0.493 e. The molecule has 1 N–H and O–H groups in total. The van der Waals surface area contributed by atoms with E-state index in [1.165, 1.54) is 11.3 Å². The highest BCUT2D eigenvalue weighted by Gasteiger charge is 2.16. The van der Waals surface area contributed by atoms with Crippen molar-refractivity contribution >= 4 is 52.2 Å². The summed E-state index contributed by atoms with van der Waals surface area (Å²) >= 11 is 7.55. The van der Waals surface area contributed by atoms with Gasteiger partial charge in [-0.25, -0.2) is 4.99 Å². The van der Waals surface area contributed by atoms with Gasteiger partial charge in [0.1, 0.15) is 0 Å². The molecule has 0 atom stereocenters. The molecule has 1 aromatic heterocycles. The number of para-hydroxylation sites is 1. The van der Waals surface area contributed by atoms with Crippen LogP contribution in [0.4, 0.5) is 11.4 Å². The molecular weight excluding hydrogens is 390 g/mol. The van der Waals surface area contributed by atoms with E-state index >= 15 is 0 Å². The van der Waals surface area contributed by atoms with Crippen LogP contribution in [0.1, 0.15) is 24.3 Å². The molecule has 0 bridgehead atoms. The van der Waals surface area contributed by atoms with E-state index in [-0.39, 0.29) is 5.88 Å². The molecule has 0 saturated heterocycles. The summed E-state index contributed by atoms with van der Waals surface area (Å²) in [5, 5.41) is 11.5. The number of fused-ring (bicyclic) bond motifs is 1. The number of allylic oxidation sites excluding steroid dienone is 1. The van der Waals surface area contributed by atoms with Crippen LogP contribution in [0, 0.1) is 5.92 Å². The zero-order valence-corrected chi connectivity index (χ0v) is 17.2. The SMILES string of the molecule is CC(C)Cn1c(O)c(/C=C2\C=Nc3ccccc32)sc1=Nc1cccc(Cl)c1. The first-order valence-electron chi connectivity index (χ1n) is 9.09. The number of rotatable bonds is 4. The number of aliphatic imine (C=N–C) groups is 1. The topological polar surface area (TPSA) is 49.9 Å². The average Bonchev–Trinajstić information content (AvgIpc) is 3.19. The van der Waals surface area contributed by atoms with Crippen molar-refractivity contribution in [3.05, 3.63) is 68.8 Å². The Labute approximate surface area is 172 Å². The molecule has 4 nitrogen and oxygen atoms in total. The Balaban J connectivity index is 1.83. The Morgan fingerprint density at radius 3 is 2.82 bits per heavy atom. The van der Waals surface area contributed by atoms with Crippen LogP contribution in [-0.2, 0) is 6.54 Å². The fourth-order valence-corrected chi connectivity index (χ4v) is 4.27. The van der Waals surface area contributed by atoms with Gasteiger partial charge in [-0.2, -0.15) is 0 Å². The third-order valence-corrected chi connectivity index (χ3v) is 5.58. The highest BCUT2D eigenvalue weighted by molar-refractivity contribution is 7.10. The number of hydrogen-bond donors (Lipinski definition) is 1. The van der Waals surface area contributed by atoms with E-state index in [1.807, 2.05) is 65.4 Å². The number of aromatic nitrogens is 1. The fourth-order valence-electron chi connectivity index (χ4n) is 3.08. The Kier molecular flexibility index (Phi) is 5.20. The van der Waals surface area contributed by atoms with Gasteiger partial charge in [-0.3, -0.25) is 9.56 Å². The Morgan fingerprint density at radius 2 is 2.04 bits per heavy atom. The van der Waals surface area contributed by atoms with Crippen LogP contribution in [0.5, 0.6) is 5.88 Å². The number of thiazole rings is 1. The van der Waals surface area contributed by atoms with E-state index in [0.717, 1.165) is 32.2 Å². The monoisotopic (exact) mass is 409 g/mol. The zero-order chi connectivity index (χ0) is 19.7. The number of benzene rings is 2. The van der Waals surface area contributed by atoms with Crippen LogP contribution >= 0.6 is 22.9 Å². The maximum atomic E-state index is 10.9. The molecule has 3 aromatic rings. The molecule has 0 unspecified atom stereocenters. The minimum Gasteiger partial charge on any atom is -0.493 e. The molecule has 6 heteroatoms. The first-order chi connectivity index (χ1) is 13.5. The summed E-state index contributed by atoms with van der Waals surface area (Å²) in [6.07, 6.45) is 3.81. The third kappa shape index (κ3) is 3.81. The van der Waals surface area contributed by atoms with Gasteiger partial charge in [0.05, 0.1) is 16.3 Å². The molecule has 2 aromatic carbocycles. The van der Waals surface area contributed by atoms with Gasteiger partial charge in [0.2, 0.25) is 5.88 Å². The van der Waals surface area contributed by atoms with Crippen molar-refractivity contribution in [1.29, 1.82) is 0 Å². The van der Waals surface area contributed by atoms with Crippen LogP contribution in [0.15, 0.2) is 58.5 Å². The molecule has 4 rings (SSSR count). The molecule has 1 aliphatic rings. The van der Waals surface area contributed by atoms with Crippen molar-refractivity contribution in [2.24, 2.45) is 15.9 Å². The van der Waals surface area contributed by atoms with E-state index in [2.05, 4.69) is 18.8 Å². The van der Waals surface area contributed by atoms with Gasteiger partial charge < -0.3 is 5.11 Å². The smallest absolute Gasteiger partial charge is 0.211 e. The van der Waals surface area contributed by atoms with Crippen molar-refractivity contribution in [1.82, 2.24) is 4.57 Å². The second-order valence-electron chi connectivity index (χ2n) is 7.04. The summed E-state index contributed by atoms with van der Waals surface area (Å²) in [7, 11) is 0. The minimum atomic E-state index is 0.227. The van der Waals surface area contributed by atoms with Crippen molar-refractivity contribution in [2.75, 3.05) is 0 Å². The molecule has 2 heterocycles. The maximum Gasteiger partial charge on any atom is 0.211 e. The molecule has 0 fully saturated rings. The third-order valence-electron chi connectivity index (χ3n) is 4.33.